The Morgan fingerprint density at radius 2 is 0.947 bits per heavy atom. The van der Waals surface area contributed by atoms with E-state index in [0.717, 1.165) is 36.8 Å². The van der Waals surface area contributed by atoms with Crippen LogP contribution in [0, 0.1) is 0 Å². The number of carbonyl (C=O) groups is 2. The molecule has 0 unspecified atom stereocenters. The molecule has 0 radical (unpaired) electrons. The minimum Gasteiger partial charge on any atom is -0.478 e. The number of hydrogen-bond donors (Lipinski definition) is 2. The van der Waals surface area contributed by atoms with Gasteiger partial charge in [0, 0.05) is 31.6 Å². The molecule has 0 aliphatic heterocycles. The van der Waals surface area contributed by atoms with Gasteiger partial charge in [-0.3, -0.25) is 0 Å². The topological polar surface area (TPSA) is 74.6 Å². The molecule has 5 heteroatoms. The first-order valence-corrected chi connectivity index (χ1v) is 6.25. The van der Waals surface area contributed by atoms with Gasteiger partial charge >= 0.3 is 11.9 Å². The van der Waals surface area contributed by atoms with Crippen molar-refractivity contribution in [3.63, 3.8) is 0 Å². The van der Waals surface area contributed by atoms with Crippen LogP contribution in [0.3, 0.4) is 0 Å². The normalized spacial score (nSPS) is 8.21. The van der Waals surface area contributed by atoms with Crippen LogP contribution < -0.4 is 0 Å². The van der Waals surface area contributed by atoms with E-state index in [2.05, 4.69) is 0 Å². The summed E-state index contributed by atoms with van der Waals surface area (Å²) in [6.45, 7) is 7.83. The first-order valence-electron chi connectivity index (χ1n) is 6.25. The van der Waals surface area contributed by atoms with Gasteiger partial charge in [0.15, 0.2) is 0 Å². The maximum absolute atomic E-state index is 10.1. The molecule has 0 aromatic carbocycles. The molecule has 0 spiro atoms. The number of hydrogen-bond acceptors (Lipinski definition) is 2. The zero-order valence-electron chi connectivity index (χ0n) is 12.4. The van der Waals surface area contributed by atoms with E-state index in [1.807, 2.05) is 27.7 Å². The van der Waals surface area contributed by atoms with E-state index in [1.54, 1.807) is 0 Å². The quantitative estimate of drug-likeness (QED) is 0.578. The van der Waals surface area contributed by atoms with Crippen LogP contribution >= 0.6 is 0 Å². The van der Waals surface area contributed by atoms with Crippen LogP contribution in [0.2, 0.25) is 0 Å². The first-order chi connectivity index (χ1) is 8.40. The molecular formula is C14H24O4Zn. The van der Waals surface area contributed by atoms with Crippen LogP contribution in [0.5, 0.6) is 0 Å². The van der Waals surface area contributed by atoms with Gasteiger partial charge in [-0.25, -0.2) is 9.59 Å². The molecule has 0 heterocycles. The van der Waals surface area contributed by atoms with Crippen molar-refractivity contribution in [2.75, 3.05) is 0 Å². The Balaban J connectivity index is -0.000000256. The van der Waals surface area contributed by atoms with Crippen LogP contribution in [-0.4, -0.2) is 22.2 Å². The summed E-state index contributed by atoms with van der Waals surface area (Å²) in [7, 11) is 0. The standard InChI is InChI=1S/2C7H12O2.Zn/c2*1-3-6(4-2)5-7(8)9;/h2*5H,3-4H2,1-2H3,(H,8,9);. The number of carboxylic acid groups (broad SMARTS) is 2. The molecule has 0 saturated heterocycles. The van der Waals surface area contributed by atoms with Crippen molar-refractivity contribution < 1.29 is 39.3 Å². The third kappa shape index (κ3) is 17.0. The summed E-state index contributed by atoms with van der Waals surface area (Å²) < 4.78 is 0. The van der Waals surface area contributed by atoms with E-state index < -0.39 is 11.9 Å². The SMILES string of the molecule is CCC(=CC(=O)O)CC.CCC(=CC(=O)O)CC.[Zn]. The minimum absolute atomic E-state index is 0. The van der Waals surface area contributed by atoms with E-state index in [4.69, 9.17) is 10.2 Å². The van der Waals surface area contributed by atoms with Crippen molar-refractivity contribution in [2.24, 2.45) is 0 Å². The van der Waals surface area contributed by atoms with Gasteiger partial charge in [0.1, 0.15) is 0 Å². The fourth-order valence-corrected chi connectivity index (χ4v) is 1.26. The van der Waals surface area contributed by atoms with E-state index >= 15 is 0 Å². The van der Waals surface area contributed by atoms with Gasteiger partial charge in [0.25, 0.3) is 0 Å². The number of carboxylic acids is 2. The second kappa shape index (κ2) is 15.1. The summed E-state index contributed by atoms with van der Waals surface area (Å²) in [5.41, 5.74) is 1.98. The van der Waals surface area contributed by atoms with Gasteiger partial charge in [-0.05, 0) is 25.7 Å². The number of allylic oxidation sites excluding steroid dienone is 2. The van der Waals surface area contributed by atoms with E-state index in [1.165, 1.54) is 12.2 Å². The van der Waals surface area contributed by atoms with Crippen molar-refractivity contribution in [3.8, 4) is 0 Å². The Hall–Kier alpha value is -0.957. The fraction of sp³-hybridized carbons (Fsp3) is 0.571. The van der Waals surface area contributed by atoms with Gasteiger partial charge in [-0.15, -0.1) is 0 Å². The third-order valence-corrected chi connectivity index (χ3v) is 2.47. The van der Waals surface area contributed by atoms with Crippen LogP contribution in [0.15, 0.2) is 23.3 Å². The summed E-state index contributed by atoms with van der Waals surface area (Å²) in [5, 5.41) is 16.5. The Morgan fingerprint density at radius 1 is 0.737 bits per heavy atom. The van der Waals surface area contributed by atoms with Gasteiger partial charge < -0.3 is 10.2 Å². The van der Waals surface area contributed by atoms with Crippen LogP contribution in [0.4, 0.5) is 0 Å². The number of aliphatic carboxylic acids is 2. The van der Waals surface area contributed by atoms with Gasteiger partial charge in [-0.2, -0.15) is 0 Å². The summed E-state index contributed by atoms with van der Waals surface area (Å²) in [4.78, 5) is 20.1. The summed E-state index contributed by atoms with van der Waals surface area (Å²) in [6.07, 6.45) is 5.90. The monoisotopic (exact) mass is 320 g/mol. The molecule has 0 bridgehead atoms. The molecule has 19 heavy (non-hydrogen) atoms. The predicted molar refractivity (Wildman–Crippen MR) is 72.6 cm³/mol. The summed E-state index contributed by atoms with van der Waals surface area (Å²) in [6, 6.07) is 0. The van der Waals surface area contributed by atoms with Crippen molar-refractivity contribution in [1.82, 2.24) is 0 Å². The van der Waals surface area contributed by atoms with Crippen molar-refractivity contribution in [2.45, 2.75) is 53.4 Å². The zero-order valence-corrected chi connectivity index (χ0v) is 15.4. The zero-order chi connectivity index (χ0) is 14.6. The van der Waals surface area contributed by atoms with Gasteiger partial charge in [0.2, 0.25) is 0 Å². The smallest absolute Gasteiger partial charge is 0.328 e. The molecule has 0 aliphatic carbocycles. The molecule has 2 N–H and O–H groups in total. The largest absolute Gasteiger partial charge is 0.478 e. The molecule has 0 aromatic rings. The molecule has 0 atom stereocenters. The third-order valence-electron chi connectivity index (χ3n) is 2.47. The molecule has 0 amide bonds. The van der Waals surface area contributed by atoms with Crippen LogP contribution in [0.25, 0.3) is 0 Å². The van der Waals surface area contributed by atoms with E-state index in [9.17, 15) is 9.59 Å². The molecule has 0 rings (SSSR count). The second-order valence-electron chi connectivity index (χ2n) is 3.70. The maximum atomic E-state index is 10.1. The molecule has 0 fully saturated rings. The number of rotatable bonds is 6. The van der Waals surface area contributed by atoms with Crippen molar-refractivity contribution in [3.05, 3.63) is 23.3 Å². The molecule has 0 aliphatic rings. The maximum Gasteiger partial charge on any atom is 0.328 e. The molecule has 4 nitrogen and oxygen atoms in total. The minimum atomic E-state index is -0.839. The Labute approximate surface area is 128 Å². The average molecular weight is 322 g/mol. The average Bonchev–Trinajstić information content (AvgIpc) is 2.33. The van der Waals surface area contributed by atoms with Crippen LogP contribution in [0.1, 0.15) is 53.4 Å². The molecule has 0 aromatic heterocycles. The Bertz CT molecular complexity index is 275. The first kappa shape index (κ1) is 23.2. The predicted octanol–water partition coefficient (Wildman–Crippen LogP) is 3.63. The second-order valence-corrected chi connectivity index (χ2v) is 3.70. The summed E-state index contributed by atoms with van der Waals surface area (Å²) in [5.74, 6) is -1.68. The Kier molecular flexibility index (Phi) is 18.4. The fourth-order valence-electron chi connectivity index (χ4n) is 1.26. The van der Waals surface area contributed by atoms with Crippen molar-refractivity contribution in [1.29, 1.82) is 0 Å². The Morgan fingerprint density at radius 3 is 1.00 bits per heavy atom. The molecular weight excluding hydrogens is 298 g/mol. The van der Waals surface area contributed by atoms with E-state index in [0.29, 0.717) is 0 Å². The van der Waals surface area contributed by atoms with Gasteiger partial charge in [-0.1, -0.05) is 38.8 Å². The van der Waals surface area contributed by atoms with Crippen molar-refractivity contribution >= 4 is 11.9 Å². The molecule has 0 saturated carbocycles. The summed E-state index contributed by atoms with van der Waals surface area (Å²) >= 11 is 0. The van der Waals surface area contributed by atoms with Crippen LogP contribution in [-0.2, 0) is 29.1 Å². The van der Waals surface area contributed by atoms with E-state index in [-0.39, 0.29) is 19.5 Å². The van der Waals surface area contributed by atoms with Gasteiger partial charge in [0.05, 0.1) is 0 Å². The molecule has 106 valence electrons.